The van der Waals surface area contributed by atoms with Gasteiger partial charge in [0.15, 0.2) is 5.52 Å². The first-order chi connectivity index (χ1) is 10.5. The Hall–Kier alpha value is -1.06. The average Bonchev–Trinajstić information content (AvgIpc) is 2.46. The summed E-state index contributed by atoms with van der Waals surface area (Å²) in [5, 5.41) is 1.05. The topological polar surface area (TPSA) is 26.3 Å². The van der Waals surface area contributed by atoms with Gasteiger partial charge < -0.3 is 4.74 Å². The summed E-state index contributed by atoms with van der Waals surface area (Å²) < 4.78 is 5.67. The van der Waals surface area contributed by atoms with Crippen LogP contribution in [0.2, 0.25) is 0 Å². The summed E-state index contributed by atoms with van der Waals surface area (Å²) in [6.45, 7) is 8.95. The van der Waals surface area contributed by atoms with E-state index >= 15 is 0 Å². The molecular formula is C19H23LiO2P. The van der Waals surface area contributed by atoms with E-state index in [9.17, 15) is 4.79 Å². The van der Waals surface area contributed by atoms with Crippen molar-refractivity contribution in [2.45, 2.75) is 27.7 Å². The Balaban J connectivity index is 0.00000264. The second kappa shape index (κ2) is 9.29. The first-order valence-corrected chi connectivity index (χ1v) is 8.58. The van der Waals surface area contributed by atoms with Gasteiger partial charge in [-0.1, -0.05) is 44.2 Å². The van der Waals surface area contributed by atoms with Gasteiger partial charge in [0.1, 0.15) is 5.75 Å². The van der Waals surface area contributed by atoms with Gasteiger partial charge >= 0.3 is 0 Å². The largest absolute Gasteiger partial charge is 0.493 e. The zero-order valence-corrected chi connectivity index (χ0v) is 15.6. The summed E-state index contributed by atoms with van der Waals surface area (Å²) in [7, 11) is 0.148. The minimum atomic E-state index is 0. The van der Waals surface area contributed by atoms with Crippen LogP contribution in [-0.4, -0.2) is 31.0 Å². The monoisotopic (exact) mass is 321 g/mol. The van der Waals surface area contributed by atoms with Gasteiger partial charge in [-0.05, 0) is 56.9 Å². The molecule has 23 heavy (non-hydrogen) atoms. The third kappa shape index (κ3) is 5.81. The average molecular weight is 321 g/mol. The molecule has 0 saturated carbocycles. The molecule has 0 aliphatic rings. The molecular weight excluding hydrogens is 298 g/mol. The van der Waals surface area contributed by atoms with Crippen LogP contribution in [0.3, 0.4) is 0 Å². The van der Waals surface area contributed by atoms with Crippen molar-refractivity contribution in [3.63, 3.8) is 0 Å². The van der Waals surface area contributed by atoms with E-state index in [1.165, 1.54) is 0 Å². The molecule has 0 saturated heterocycles. The molecule has 117 valence electrons. The molecule has 0 aromatic heterocycles. The van der Waals surface area contributed by atoms with E-state index in [1.807, 2.05) is 56.3 Å². The Bertz CT molecular complexity index is 631. The quantitative estimate of drug-likeness (QED) is 0.591. The molecule has 1 radical (unpaired) electrons. The summed E-state index contributed by atoms with van der Waals surface area (Å²) in [6.07, 6.45) is 0. The number of benzene rings is 2. The smallest absolute Gasteiger partial charge is 0.186 e. The first kappa shape index (κ1) is 20.0. The summed E-state index contributed by atoms with van der Waals surface area (Å²) in [5.74, 6) is 1.37. The van der Waals surface area contributed by atoms with Crippen LogP contribution >= 0.6 is 8.58 Å². The van der Waals surface area contributed by atoms with Crippen molar-refractivity contribution in [1.82, 2.24) is 0 Å². The summed E-state index contributed by atoms with van der Waals surface area (Å²) >= 11 is 0. The molecule has 4 heteroatoms. The van der Waals surface area contributed by atoms with Crippen molar-refractivity contribution < 1.29 is 9.53 Å². The summed E-state index contributed by atoms with van der Waals surface area (Å²) in [4.78, 5) is 12.5. The predicted octanol–water partition coefficient (Wildman–Crippen LogP) is 4.10. The van der Waals surface area contributed by atoms with Crippen molar-refractivity contribution in [2.24, 2.45) is 5.92 Å². The summed E-state index contributed by atoms with van der Waals surface area (Å²) in [5.41, 5.74) is 3.16. The van der Waals surface area contributed by atoms with Crippen LogP contribution in [0.1, 0.15) is 35.3 Å². The van der Waals surface area contributed by atoms with Crippen LogP contribution in [0, 0.1) is 19.8 Å². The fourth-order valence-corrected chi connectivity index (χ4v) is 3.38. The molecule has 1 unspecified atom stereocenters. The number of rotatable bonds is 6. The Morgan fingerprint density at radius 1 is 1.04 bits per heavy atom. The maximum atomic E-state index is 12.5. The van der Waals surface area contributed by atoms with E-state index in [0.717, 1.165) is 27.7 Å². The molecule has 0 amide bonds. The maximum Gasteiger partial charge on any atom is 0.186 e. The van der Waals surface area contributed by atoms with Crippen molar-refractivity contribution in [1.29, 1.82) is 0 Å². The van der Waals surface area contributed by atoms with Gasteiger partial charge in [0.25, 0.3) is 0 Å². The fraction of sp³-hybridized carbons (Fsp3) is 0.316. The van der Waals surface area contributed by atoms with Crippen LogP contribution in [0.15, 0.2) is 42.5 Å². The Morgan fingerprint density at radius 2 is 1.61 bits per heavy atom. The van der Waals surface area contributed by atoms with Gasteiger partial charge in [-0.15, -0.1) is 0 Å². The standard InChI is InChI=1S/C19H23O2P.Li/c1-13(2)12-21-16-8-10-17(11-9-16)22-19(20)18-14(3)6-5-7-15(18)4;/h5-11,13,22H,12H2,1-4H3;. The number of carbonyl (C=O) groups excluding carboxylic acids is 1. The Morgan fingerprint density at radius 3 is 2.13 bits per heavy atom. The van der Waals surface area contributed by atoms with Crippen LogP contribution in [0.25, 0.3) is 0 Å². The van der Waals surface area contributed by atoms with Gasteiger partial charge in [0.05, 0.1) is 6.61 Å². The van der Waals surface area contributed by atoms with E-state index in [0.29, 0.717) is 12.5 Å². The predicted molar refractivity (Wildman–Crippen MR) is 101 cm³/mol. The van der Waals surface area contributed by atoms with Crippen LogP contribution in [0.4, 0.5) is 0 Å². The van der Waals surface area contributed by atoms with Crippen molar-refractivity contribution in [3.05, 3.63) is 59.2 Å². The second-order valence-electron chi connectivity index (χ2n) is 5.95. The van der Waals surface area contributed by atoms with Gasteiger partial charge in [-0.2, -0.15) is 0 Å². The van der Waals surface area contributed by atoms with Crippen LogP contribution < -0.4 is 10.0 Å². The molecule has 0 aliphatic heterocycles. The molecule has 0 spiro atoms. The second-order valence-corrected chi connectivity index (χ2v) is 7.23. The maximum absolute atomic E-state index is 12.5. The minimum absolute atomic E-state index is 0. The third-order valence-corrected chi connectivity index (χ3v) is 4.50. The van der Waals surface area contributed by atoms with Crippen molar-refractivity contribution >= 4 is 38.3 Å². The first-order valence-electron chi connectivity index (χ1n) is 7.58. The van der Waals surface area contributed by atoms with Gasteiger partial charge in [0.2, 0.25) is 0 Å². The SMILES string of the molecule is Cc1cccc(C)c1C(=O)Pc1ccc(OCC(C)C)cc1.[Li]. The van der Waals surface area contributed by atoms with Gasteiger partial charge in [-0.3, -0.25) is 4.79 Å². The third-order valence-electron chi connectivity index (χ3n) is 3.40. The van der Waals surface area contributed by atoms with Gasteiger partial charge in [-0.25, -0.2) is 0 Å². The molecule has 0 fully saturated rings. The number of carbonyl (C=O) groups is 1. The minimum Gasteiger partial charge on any atom is -0.493 e. The summed E-state index contributed by atoms with van der Waals surface area (Å²) in [6, 6.07) is 13.8. The van der Waals surface area contributed by atoms with E-state index in [4.69, 9.17) is 4.74 Å². The Labute approximate surface area is 153 Å². The zero-order valence-electron chi connectivity index (χ0n) is 14.6. The van der Waals surface area contributed by atoms with Crippen LogP contribution in [-0.2, 0) is 0 Å². The molecule has 2 nitrogen and oxygen atoms in total. The van der Waals surface area contributed by atoms with Crippen molar-refractivity contribution in [3.8, 4) is 5.75 Å². The van der Waals surface area contributed by atoms with Gasteiger partial charge in [0, 0.05) is 24.4 Å². The molecule has 0 bridgehead atoms. The Kier molecular flexibility index (Phi) is 8.07. The molecule has 2 aromatic carbocycles. The molecule has 2 aromatic rings. The number of ether oxygens (including phenoxy) is 1. The normalized spacial score (nSPS) is 10.8. The van der Waals surface area contributed by atoms with E-state index in [1.54, 1.807) is 0 Å². The van der Waals surface area contributed by atoms with E-state index in [-0.39, 0.29) is 33.0 Å². The number of hydrogen-bond donors (Lipinski definition) is 0. The van der Waals surface area contributed by atoms with E-state index in [2.05, 4.69) is 13.8 Å². The van der Waals surface area contributed by atoms with E-state index < -0.39 is 0 Å². The van der Waals surface area contributed by atoms with Crippen molar-refractivity contribution in [2.75, 3.05) is 6.61 Å². The fourth-order valence-electron chi connectivity index (χ4n) is 2.26. The van der Waals surface area contributed by atoms with Crippen LogP contribution in [0.5, 0.6) is 5.75 Å². The number of aryl methyl sites for hydroxylation is 2. The zero-order chi connectivity index (χ0) is 16.1. The molecule has 0 N–H and O–H groups in total. The number of hydrogen-bond acceptors (Lipinski definition) is 2. The molecule has 0 heterocycles. The molecule has 0 aliphatic carbocycles. The molecule has 1 atom stereocenters. The molecule has 2 rings (SSSR count).